The van der Waals surface area contributed by atoms with E-state index in [1.807, 2.05) is 61.5 Å². The maximum absolute atomic E-state index is 12.3. The molecule has 0 unspecified atom stereocenters. The average molecular weight is 395 g/mol. The number of anilines is 1. The van der Waals surface area contributed by atoms with Crippen molar-refractivity contribution in [3.05, 3.63) is 65.7 Å². The van der Waals surface area contributed by atoms with Crippen molar-refractivity contribution >= 4 is 23.6 Å². The Morgan fingerprint density at radius 1 is 0.897 bits per heavy atom. The van der Waals surface area contributed by atoms with Gasteiger partial charge in [-0.1, -0.05) is 42.5 Å². The van der Waals surface area contributed by atoms with Crippen LogP contribution in [0, 0.1) is 6.92 Å². The van der Waals surface area contributed by atoms with Crippen molar-refractivity contribution in [3.8, 4) is 0 Å². The van der Waals surface area contributed by atoms with Crippen molar-refractivity contribution in [3.63, 3.8) is 0 Å². The molecule has 0 aliphatic carbocycles. The molecule has 1 aliphatic rings. The quantitative estimate of drug-likeness (QED) is 0.789. The van der Waals surface area contributed by atoms with Gasteiger partial charge in [-0.25, -0.2) is 4.79 Å². The number of nitrogens with zero attached hydrogens (tertiary/aromatic N) is 2. The van der Waals surface area contributed by atoms with Crippen LogP contribution in [0.25, 0.3) is 0 Å². The Morgan fingerprint density at radius 3 is 2.21 bits per heavy atom. The van der Waals surface area contributed by atoms with Crippen LogP contribution < -0.4 is 5.32 Å². The van der Waals surface area contributed by atoms with Crippen molar-refractivity contribution in [1.82, 2.24) is 9.80 Å². The molecule has 0 atom stereocenters. The molecule has 2 aromatic carbocycles. The normalized spacial score (nSPS) is 13.7. The molecule has 1 aliphatic heterocycles. The van der Waals surface area contributed by atoms with Gasteiger partial charge >= 0.3 is 12.0 Å². The van der Waals surface area contributed by atoms with Gasteiger partial charge in [-0.3, -0.25) is 9.59 Å². The van der Waals surface area contributed by atoms with Gasteiger partial charge in [-0.2, -0.15) is 0 Å². The molecule has 1 N–H and O–H groups in total. The summed E-state index contributed by atoms with van der Waals surface area (Å²) >= 11 is 0. The van der Waals surface area contributed by atoms with Crippen LogP contribution in [0.3, 0.4) is 0 Å². The fourth-order valence-electron chi connectivity index (χ4n) is 3.13. The third-order valence-corrected chi connectivity index (χ3v) is 4.90. The molecule has 29 heavy (non-hydrogen) atoms. The fraction of sp³-hybridized carbons (Fsp3) is 0.318. The molecule has 1 saturated heterocycles. The van der Waals surface area contributed by atoms with E-state index in [-0.39, 0.29) is 25.0 Å². The lowest BCUT2D eigenvalue weighted by molar-refractivity contribution is -0.152. The standard InChI is InChI=1S/C22H25N3O4/c1-17-7-5-6-8-18(17)15-21(27)29-16-20(26)24-11-13-25(14-12-24)22(28)23-19-9-3-2-4-10-19/h2-10H,11-16H2,1H3,(H,23,28). The van der Waals surface area contributed by atoms with E-state index in [4.69, 9.17) is 4.74 Å². The average Bonchev–Trinajstić information content (AvgIpc) is 2.74. The molecule has 0 saturated carbocycles. The lowest BCUT2D eigenvalue weighted by atomic mass is 10.1. The molecular weight excluding hydrogens is 370 g/mol. The fourth-order valence-corrected chi connectivity index (χ4v) is 3.13. The first-order valence-corrected chi connectivity index (χ1v) is 9.62. The second kappa shape index (κ2) is 9.73. The zero-order chi connectivity index (χ0) is 20.6. The van der Waals surface area contributed by atoms with Gasteiger partial charge in [0.25, 0.3) is 5.91 Å². The number of amides is 3. The third kappa shape index (κ3) is 5.81. The first kappa shape index (κ1) is 20.4. The molecule has 7 nitrogen and oxygen atoms in total. The summed E-state index contributed by atoms with van der Waals surface area (Å²) in [6, 6.07) is 16.6. The molecule has 0 bridgehead atoms. The number of ether oxygens (including phenoxy) is 1. The van der Waals surface area contributed by atoms with E-state index in [2.05, 4.69) is 5.32 Å². The van der Waals surface area contributed by atoms with Crippen molar-refractivity contribution in [1.29, 1.82) is 0 Å². The number of urea groups is 1. The topological polar surface area (TPSA) is 79.0 Å². The molecule has 152 valence electrons. The molecular formula is C22H25N3O4. The first-order valence-electron chi connectivity index (χ1n) is 9.62. The number of nitrogens with one attached hydrogen (secondary N) is 1. The Hall–Kier alpha value is -3.35. The van der Waals surface area contributed by atoms with E-state index in [1.54, 1.807) is 9.80 Å². The zero-order valence-electron chi connectivity index (χ0n) is 16.5. The summed E-state index contributed by atoms with van der Waals surface area (Å²) < 4.78 is 5.15. The van der Waals surface area contributed by atoms with Crippen LogP contribution in [0.2, 0.25) is 0 Å². The lowest BCUT2D eigenvalue weighted by Gasteiger charge is -2.34. The number of rotatable bonds is 5. The Balaban J connectivity index is 1.40. The number of esters is 1. The number of carbonyl (C=O) groups excluding carboxylic acids is 3. The molecule has 1 fully saturated rings. The minimum Gasteiger partial charge on any atom is -0.455 e. The summed E-state index contributed by atoms with van der Waals surface area (Å²) in [5, 5.41) is 2.84. The van der Waals surface area contributed by atoms with E-state index in [0.717, 1.165) is 16.8 Å². The van der Waals surface area contributed by atoms with Crippen LogP contribution >= 0.6 is 0 Å². The Bertz CT molecular complexity index is 861. The predicted molar refractivity (Wildman–Crippen MR) is 109 cm³/mol. The molecule has 0 radical (unpaired) electrons. The largest absolute Gasteiger partial charge is 0.455 e. The van der Waals surface area contributed by atoms with Crippen molar-refractivity contribution in [2.45, 2.75) is 13.3 Å². The van der Waals surface area contributed by atoms with Crippen molar-refractivity contribution < 1.29 is 19.1 Å². The molecule has 3 rings (SSSR count). The van der Waals surface area contributed by atoms with E-state index in [0.29, 0.717) is 26.2 Å². The molecule has 3 amide bonds. The number of hydrogen-bond donors (Lipinski definition) is 1. The molecule has 2 aromatic rings. The number of hydrogen-bond acceptors (Lipinski definition) is 4. The van der Waals surface area contributed by atoms with Gasteiger partial charge in [0.15, 0.2) is 6.61 Å². The van der Waals surface area contributed by atoms with Gasteiger partial charge in [0, 0.05) is 31.9 Å². The minimum atomic E-state index is -0.423. The highest BCUT2D eigenvalue weighted by Gasteiger charge is 2.24. The summed E-state index contributed by atoms with van der Waals surface area (Å²) in [6.45, 7) is 3.35. The Morgan fingerprint density at radius 2 is 1.52 bits per heavy atom. The maximum Gasteiger partial charge on any atom is 0.321 e. The number of piperazine rings is 1. The van der Waals surface area contributed by atoms with Crippen LogP contribution in [0.5, 0.6) is 0 Å². The van der Waals surface area contributed by atoms with E-state index in [1.165, 1.54) is 0 Å². The molecule has 0 aromatic heterocycles. The summed E-state index contributed by atoms with van der Waals surface area (Å²) in [7, 11) is 0. The molecule has 0 spiro atoms. The minimum absolute atomic E-state index is 0.146. The van der Waals surface area contributed by atoms with Crippen LogP contribution in [0.4, 0.5) is 10.5 Å². The highest BCUT2D eigenvalue weighted by atomic mass is 16.5. The van der Waals surface area contributed by atoms with E-state index >= 15 is 0 Å². The summed E-state index contributed by atoms with van der Waals surface area (Å²) in [5.41, 5.74) is 2.64. The summed E-state index contributed by atoms with van der Waals surface area (Å²) in [4.78, 5) is 39.9. The van der Waals surface area contributed by atoms with Gasteiger partial charge in [0.2, 0.25) is 0 Å². The van der Waals surface area contributed by atoms with Gasteiger partial charge in [-0.05, 0) is 30.2 Å². The monoisotopic (exact) mass is 395 g/mol. The number of carbonyl (C=O) groups is 3. The van der Waals surface area contributed by atoms with Crippen LogP contribution in [-0.2, 0) is 20.7 Å². The number of aryl methyl sites for hydroxylation is 1. The third-order valence-electron chi connectivity index (χ3n) is 4.90. The zero-order valence-corrected chi connectivity index (χ0v) is 16.5. The smallest absolute Gasteiger partial charge is 0.321 e. The number of benzene rings is 2. The van der Waals surface area contributed by atoms with E-state index in [9.17, 15) is 14.4 Å². The van der Waals surface area contributed by atoms with Gasteiger partial charge in [-0.15, -0.1) is 0 Å². The summed E-state index contributed by atoms with van der Waals surface area (Å²) in [6.07, 6.45) is 0.146. The maximum atomic E-state index is 12.3. The van der Waals surface area contributed by atoms with Crippen molar-refractivity contribution in [2.75, 3.05) is 38.1 Å². The van der Waals surface area contributed by atoms with Gasteiger partial charge in [0.1, 0.15) is 0 Å². The number of para-hydroxylation sites is 1. The lowest BCUT2D eigenvalue weighted by Crippen LogP contribution is -2.52. The Labute approximate surface area is 170 Å². The molecule has 7 heteroatoms. The first-order chi connectivity index (χ1) is 14.0. The second-order valence-electron chi connectivity index (χ2n) is 6.93. The molecule has 1 heterocycles. The Kier molecular flexibility index (Phi) is 6.84. The van der Waals surface area contributed by atoms with Gasteiger partial charge in [0.05, 0.1) is 6.42 Å². The van der Waals surface area contributed by atoms with Crippen LogP contribution in [-0.4, -0.2) is 60.5 Å². The van der Waals surface area contributed by atoms with Gasteiger partial charge < -0.3 is 19.9 Å². The summed E-state index contributed by atoms with van der Waals surface area (Å²) in [5.74, 6) is -0.667. The van der Waals surface area contributed by atoms with Crippen molar-refractivity contribution in [2.24, 2.45) is 0 Å². The second-order valence-corrected chi connectivity index (χ2v) is 6.93. The van der Waals surface area contributed by atoms with E-state index < -0.39 is 5.97 Å². The highest BCUT2D eigenvalue weighted by Crippen LogP contribution is 2.10. The highest BCUT2D eigenvalue weighted by molar-refractivity contribution is 5.89. The van der Waals surface area contributed by atoms with Crippen LogP contribution in [0.15, 0.2) is 54.6 Å². The van der Waals surface area contributed by atoms with Crippen LogP contribution in [0.1, 0.15) is 11.1 Å². The SMILES string of the molecule is Cc1ccccc1CC(=O)OCC(=O)N1CCN(C(=O)Nc2ccccc2)CC1. The predicted octanol–water partition coefficient (Wildman–Crippen LogP) is 2.46.